The third-order valence-corrected chi connectivity index (χ3v) is 4.16. The number of guanidine groups is 1. The second-order valence-corrected chi connectivity index (χ2v) is 6.24. The number of aliphatic imine (C=N–C) groups is 1. The van der Waals surface area contributed by atoms with Crippen LogP contribution < -0.4 is 10.6 Å². The molecule has 0 aromatic carbocycles. The van der Waals surface area contributed by atoms with Crippen molar-refractivity contribution < 1.29 is 4.74 Å². The van der Waals surface area contributed by atoms with Gasteiger partial charge in [0.2, 0.25) is 0 Å². The van der Waals surface area contributed by atoms with Crippen LogP contribution in [-0.2, 0) is 4.74 Å². The first-order valence-corrected chi connectivity index (χ1v) is 9.19. The Bertz CT molecular complexity index is 311. The maximum Gasteiger partial charge on any atom is 0.191 e. The van der Waals surface area contributed by atoms with Crippen molar-refractivity contribution in [1.29, 1.82) is 0 Å². The van der Waals surface area contributed by atoms with E-state index in [4.69, 9.17) is 4.74 Å². The van der Waals surface area contributed by atoms with E-state index >= 15 is 0 Å². The Morgan fingerprint density at radius 2 is 1.83 bits per heavy atom. The van der Waals surface area contributed by atoms with Crippen LogP contribution in [0.3, 0.4) is 0 Å². The highest BCUT2D eigenvalue weighted by atomic mass is 16.5. The molecule has 23 heavy (non-hydrogen) atoms. The summed E-state index contributed by atoms with van der Waals surface area (Å²) in [4.78, 5) is 9.22. The van der Waals surface area contributed by atoms with Gasteiger partial charge in [0.05, 0.1) is 0 Å². The minimum absolute atomic E-state index is 0.825. The minimum Gasteiger partial charge on any atom is -0.381 e. The van der Waals surface area contributed by atoms with E-state index in [-0.39, 0.29) is 0 Å². The van der Waals surface area contributed by atoms with Gasteiger partial charge in [-0.1, -0.05) is 13.3 Å². The molecule has 0 saturated carbocycles. The van der Waals surface area contributed by atoms with Gasteiger partial charge in [0.1, 0.15) is 0 Å². The molecule has 0 aromatic heterocycles. The monoisotopic (exact) mass is 327 g/mol. The molecular weight excluding hydrogens is 290 g/mol. The molecule has 1 aliphatic rings. The van der Waals surface area contributed by atoms with E-state index in [0.717, 1.165) is 51.6 Å². The van der Waals surface area contributed by atoms with Gasteiger partial charge in [-0.15, -0.1) is 0 Å². The average molecular weight is 328 g/mol. The Morgan fingerprint density at radius 3 is 2.61 bits per heavy atom. The molecule has 0 aromatic rings. The smallest absolute Gasteiger partial charge is 0.191 e. The largest absolute Gasteiger partial charge is 0.381 e. The van der Waals surface area contributed by atoms with Crippen molar-refractivity contribution in [3.63, 3.8) is 0 Å². The average Bonchev–Trinajstić information content (AvgIpc) is 2.77. The number of rotatable bonds is 10. The number of nitrogens with zero attached hydrogens (tertiary/aromatic N) is 3. The van der Waals surface area contributed by atoms with Crippen molar-refractivity contribution in [3.8, 4) is 0 Å². The predicted molar refractivity (Wildman–Crippen MR) is 98.3 cm³/mol. The standard InChI is InChI=1S/C17H37N5O/c1-4-5-15-23-16-6-8-19-17(18-2)20-9-12-22-11-7-10-21(3)13-14-22/h4-16H2,1-3H3,(H2,18,19,20). The molecule has 0 unspecified atom stereocenters. The van der Waals surface area contributed by atoms with Crippen molar-refractivity contribution in [2.75, 3.05) is 73.1 Å². The molecule has 1 fully saturated rings. The van der Waals surface area contributed by atoms with Gasteiger partial charge >= 0.3 is 0 Å². The lowest BCUT2D eigenvalue weighted by Crippen LogP contribution is -2.42. The summed E-state index contributed by atoms with van der Waals surface area (Å²) in [6.07, 6.45) is 4.63. The fourth-order valence-electron chi connectivity index (χ4n) is 2.61. The molecule has 136 valence electrons. The molecule has 6 nitrogen and oxygen atoms in total. The van der Waals surface area contributed by atoms with Gasteiger partial charge < -0.3 is 25.2 Å². The lowest BCUT2D eigenvalue weighted by Gasteiger charge is -2.21. The summed E-state index contributed by atoms with van der Waals surface area (Å²) in [7, 11) is 4.04. The predicted octanol–water partition coefficient (Wildman–Crippen LogP) is 0.996. The van der Waals surface area contributed by atoms with E-state index in [2.05, 4.69) is 39.4 Å². The molecule has 0 spiro atoms. The lowest BCUT2D eigenvalue weighted by molar-refractivity contribution is 0.129. The van der Waals surface area contributed by atoms with E-state index in [9.17, 15) is 0 Å². The molecule has 0 radical (unpaired) electrons. The van der Waals surface area contributed by atoms with E-state index in [1.807, 2.05) is 7.05 Å². The molecule has 0 amide bonds. The van der Waals surface area contributed by atoms with Gasteiger partial charge in [-0.25, -0.2) is 0 Å². The Labute approximate surface area is 142 Å². The molecule has 0 bridgehead atoms. The van der Waals surface area contributed by atoms with Crippen LogP contribution in [0.2, 0.25) is 0 Å². The van der Waals surface area contributed by atoms with Crippen LogP contribution in [0.25, 0.3) is 0 Å². The summed E-state index contributed by atoms with van der Waals surface area (Å²) in [5, 5.41) is 6.75. The van der Waals surface area contributed by atoms with Crippen LogP contribution in [0.4, 0.5) is 0 Å². The van der Waals surface area contributed by atoms with Gasteiger partial charge in [0.25, 0.3) is 0 Å². The van der Waals surface area contributed by atoms with E-state index in [1.54, 1.807) is 0 Å². The van der Waals surface area contributed by atoms with Crippen LogP contribution >= 0.6 is 0 Å². The third kappa shape index (κ3) is 10.5. The highest BCUT2D eigenvalue weighted by Gasteiger charge is 2.11. The SMILES string of the molecule is CCCCOCCCNC(=NC)NCCN1CCCN(C)CC1. The number of hydrogen-bond donors (Lipinski definition) is 2. The summed E-state index contributed by atoms with van der Waals surface area (Å²) in [6, 6.07) is 0. The van der Waals surface area contributed by atoms with Gasteiger partial charge in [-0.2, -0.15) is 0 Å². The normalized spacial score (nSPS) is 18.0. The molecule has 1 rings (SSSR count). The fraction of sp³-hybridized carbons (Fsp3) is 0.941. The van der Waals surface area contributed by atoms with E-state index in [0.29, 0.717) is 0 Å². The van der Waals surface area contributed by atoms with Gasteiger partial charge in [0.15, 0.2) is 5.96 Å². The maximum atomic E-state index is 5.56. The van der Waals surface area contributed by atoms with Crippen LogP contribution in [0, 0.1) is 0 Å². The molecule has 1 saturated heterocycles. The lowest BCUT2D eigenvalue weighted by atomic mass is 10.4. The summed E-state index contributed by atoms with van der Waals surface area (Å²) < 4.78 is 5.56. The summed E-state index contributed by atoms with van der Waals surface area (Å²) in [5.74, 6) is 0.894. The number of ether oxygens (including phenoxy) is 1. The van der Waals surface area contributed by atoms with E-state index < -0.39 is 0 Å². The van der Waals surface area contributed by atoms with Crippen LogP contribution in [-0.4, -0.2) is 88.9 Å². The molecule has 6 heteroatoms. The summed E-state index contributed by atoms with van der Waals surface area (Å²) in [6.45, 7) is 11.6. The van der Waals surface area contributed by atoms with Gasteiger partial charge in [-0.05, 0) is 39.4 Å². The molecule has 0 aliphatic carbocycles. The first-order chi connectivity index (χ1) is 11.3. The Balaban J connectivity index is 2.03. The molecular formula is C17H37N5O. The van der Waals surface area contributed by atoms with Crippen molar-refractivity contribution in [2.45, 2.75) is 32.6 Å². The first kappa shape index (κ1) is 20.2. The number of nitrogens with one attached hydrogen (secondary N) is 2. The highest BCUT2D eigenvalue weighted by Crippen LogP contribution is 1.99. The van der Waals surface area contributed by atoms with Crippen LogP contribution in [0.1, 0.15) is 32.6 Å². The Morgan fingerprint density at radius 1 is 1.04 bits per heavy atom. The zero-order valence-corrected chi connectivity index (χ0v) is 15.4. The zero-order valence-electron chi connectivity index (χ0n) is 15.4. The Hall–Kier alpha value is -0.850. The summed E-state index contributed by atoms with van der Waals surface area (Å²) in [5.41, 5.74) is 0. The summed E-state index contributed by atoms with van der Waals surface area (Å²) >= 11 is 0. The second-order valence-electron chi connectivity index (χ2n) is 6.24. The number of likely N-dealkylation sites (N-methyl/N-ethyl adjacent to an activating group) is 1. The minimum atomic E-state index is 0.825. The van der Waals surface area contributed by atoms with Gasteiger partial charge in [-0.3, -0.25) is 4.99 Å². The zero-order chi connectivity index (χ0) is 16.8. The topological polar surface area (TPSA) is 52.1 Å². The quantitative estimate of drug-likeness (QED) is 0.356. The van der Waals surface area contributed by atoms with Crippen molar-refractivity contribution in [1.82, 2.24) is 20.4 Å². The van der Waals surface area contributed by atoms with Crippen molar-refractivity contribution in [3.05, 3.63) is 0 Å². The number of unbranched alkanes of at least 4 members (excludes halogenated alkanes) is 1. The van der Waals surface area contributed by atoms with Gasteiger partial charge in [0, 0.05) is 53.0 Å². The van der Waals surface area contributed by atoms with Crippen molar-refractivity contribution in [2.24, 2.45) is 4.99 Å². The van der Waals surface area contributed by atoms with Crippen LogP contribution in [0.15, 0.2) is 4.99 Å². The first-order valence-electron chi connectivity index (χ1n) is 9.19. The highest BCUT2D eigenvalue weighted by molar-refractivity contribution is 5.79. The number of hydrogen-bond acceptors (Lipinski definition) is 4. The molecule has 1 heterocycles. The van der Waals surface area contributed by atoms with E-state index in [1.165, 1.54) is 39.0 Å². The Kier molecular flexibility index (Phi) is 11.9. The second kappa shape index (κ2) is 13.6. The molecule has 0 atom stereocenters. The maximum absolute atomic E-state index is 5.56. The third-order valence-electron chi connectivity index (χ3n) is 4.16. The molecule has 1 aliphatic heterocycles. The van der Waals surface area contributed by atoms with Crippen LogP contribution in [0.5, 0.6) is 0 Å². The van der Waals surface area contributed by atoms with Crippen molar-refractivity contribution >= 4 is 5.96 Å². The fourth-order valence-corrected chi connectivity index (χ4v) is 2.61. The molecule has 2 N–H and O–H groups in total.